The summed E-state index contributed by atoms with van der Waals surface area (Å²) in [5.41, 5.74) is 0.757. The van der Waals surface area contributed by atoms with E-state index in [2.05, 4.69) is 21.2 Å². The number of hydrogen-bond acceptors (Lipinski definition) is 2. The summed E-state index contributed by atoms with van der Waals surface area (Å²) in [4.78, 5) is 13.3. The number of rotatable bonds is 4. The van der Waals surface area contributed by atoms with Gasteiger partial charge in [0.25, 0.3) is 5.91 Å². The van der Waals surface area contributed by atoms with E-state index in [1.54, 1.807) is 11.8 Å². The molecule has 1 N–H and O–H groups in total. The summed E-state index contributed by atoms with van der Waals surface area (Å²) >= 11 is 5.22. The Hall–Kier alpha value is -0.480. The number of nitrogens with one attached hydrogen (secondary N) is 1. The molecule has 1 saturated carbocycles. The zero-order valence-corrected chi connectivity index (χ0v) is 12.9. The van der Waals surface area contributed by atoms with Crippen molar-refractivity contribution >= 4 is 33.6 Å². The minimum atomic E-state index is 0.0560. The Kier molecular flexibility index (Phi) is 5.13. The van der Waals surface area contributed by atoms with E-state index in [-0.39, 0.29) is 5.91 Å². The molecule has 2 rings (SSSR count). The van der Waals surface area contributed by atoms with E-state index in [4.69, 9.17) is 0 Å². The Morgan fingerprint density at radius 2 is 2.11 bits per heavy atom. The van der Waals surface area contributed by atoms with E-state index in [0.29, 0.717) is 12.0 Å². The third kappa shape index (κ3) is 3.29. The van der Waals surface area contributed by atoms with Gasteiger partial charge in [-0.15, -0.1) is 11.8 Å². The lowest BCUT2D eigenvalue weighted by atomic mass is 10.1. The quantitative estimate of drug-likeness (QED) is 0.674. The number of hydrogen-bond donors (Lipinski definition) is 1. The van der Waals surface area contributed by atoms with Gasteiger partial charge in [-0.25, -0.2) is 0 Å². The Balaban J connectivity index is 1.98. The predicted molar refractivity (Wildman–Crippen MR) is 80.6 cm³/mol. The van der Waals surface area contributed by atoms with Crippen LogP contribution in [-0.4, -0.2) is 23.5 Å². The van der Waals surface area contributed by atoms with Crippen molar-refractivity contribution in [2.45, 2.75) is 30.2 Å². The monoisotopic (exact) mass is 327 g/mol. The van der Waals surface area contributed by atoms with E-state index >= 15 is 0 Å². The fraction of sp³-hybridized carbons (Fsp3) is 0.500. The molecule has 2 atom stereocenters. The number of carbonyl (C=O) groups excluding carboxylic acids is 1. The van der Waals surface area contributed by atoms with Crippen molar-refractivity contribution in [3.8, 4) is 0 Å². The fourth-order valence-electron chi connectivity index (χ4n) is 2.41. The van der Waals surface area contributed by atoms with Gasteiger partial charge in [0.2, 0.25) is 0 Å². The van der Waals surface area contributed by atoms with E-state index in [1.807, 2.05) is 30.5 Å². The van der Waals surface area contributed by atoms with Crippen molar-refractivity contribution < 1.29 is 4.79 Å². The van der Waals surface area contributed by atoms with Gasteiger partial charge >= 0.3 is 0 Å². The first kappa shape index (κ1) is 13.9. The number of halogens is 1. The molecule has 0 spiro atoms. The molecule has 1 aliphatic carbocycles. The maximum absolute atomic E-state index is 12.1. The first-order chi connectivity index (χ1) is 8.74. The highest BCUT2D eigenvalue weighted by Crippen LogP contribution is 2.27. The number of carbonyl (C=O) groups is 1. The van der Waals surface area contributed by atoms with Gasteiger partial charge in [-0.3, -0.25) is 4.79 Å². The van der Waals surface area contributed by atoms with Crippen LogP contribution in [0.4, 0.5) is 0 Å². The highest BCUT2D eigenvalue weighted by molar-refractivity contribution is 9.09. The van der Waals surface area contributed by atoms with E-state index in [9.17, 15) is 4.79 Å². The number of benzene rings is 1. The number of alkyl halides is 1. The summed E-state index contributed by atoms with van der Waals surface area (Å²) in [5.74, 6) is 0.639. The van der Waals surface area contributed by atoms with Crippen molar-refractivity contribution in [3.05, 3.63) is 29.8 Å². The Labute approximate surface area is 121 Å². The zero-order valence-electron chi connectivity index (χ0n) is 10.5. The van der Waals surface area contributed by atoms with E-state index in [0.717, 1.165) is 17.3 Å². The van der Waals surface area contributed by atoms with Crippen LogP contribution in [-0.2, 0) is 0 Å². The number of amides is 1. The van der Waals surface area contributed by atoms with Crippen molar-refractivity contribution in [1.29, 1.82) is 0 Å². The minimum absolute atomic E-state index is 0.0560. The van der Waals surface area contributed by atoms with E-state index in [1.165, 1.54) is 17.7 Å². The van der Waals surface area contributed by atoms with Crippen LogP contribution in [0.25, 0.3) is 0 Å². The topological polar surface area (TPSA) is 29.1 Å². The third-order valence-corrected chi connectivity index (χ3v) is 5.10. The molecule has 1 aromatic carbocycles. The normalized spacial score (nSPS) is 23.0. The minimum Gasteiger partial charge on any atom is -0.349 e. The lowest BCUT2D eigenvalue weighted by Crippen LogP contribution is -2.37. The van der Waals surface area contributed by atoms with Crippen molar-refractivity contribution in [1.82, 2.24) is 5.32 Å². The molecule has 4 heteroatoms. The average Bonchev–Trinajstić information content (AvgIpc) is 2.86. The molecular weight excluding hydrogens is 310 g/mol. The van der Waals surface area contributed by atoms with Gasteiger partial charge in [0.15, 0.2) is 0 Å². The van der Waals surface area contributed by atoms with Gasteiger partial charge in [0.1, 0.15) is 0 Å². The molecule has 1 aromatic rings. The molecule has 0 bridgehead atoms. The first-order valence-electron chi connectivity index (χ1n) is 6.25. The predicted octanol–water partition coefficient (Wildman–Crippen LogP) is 3.70. The second-order valence-electron chi connectivity index (χ2n) is 4.65. The van der Waals surface area contributed by atoms with Gasteiger partial charge in [0.05, 0.1) is 0 Å². The molecule has 1 aliphatic rings. The molecule has 0 aliphatic heterocycles. The molecule has 2 unspecified atom stereocenters. The van der Waals surface area contributed by atoms with Gasteiger partial charge in [-0.05, 0) is 49.3 Å². The van der Waals surface area contributed by atoms with Crippen LogP contribution in [0, 0.1) is 5.92 Å². The van der Waals surface area contributed by atoms with Crippen LogP contribution in [0.2, 0.25) is 0 Å². The third-order valence-electron chi connectivity index (χ3n) is 3.53. The summed E-state index contributed by atoms with van der Waals surface area (Å²) in [6.45, 7) is 0. The van der Waals surface area contributed by atoms with Gasteiger partial charge in [-0.2, -0.15) is 0 Å². The van der Waals surface area contributed by atoms with Crippen molar-refractivity contribution in [2.24, 2.45) is 5.92 Å². The second-order valence-corrected chi connectivity index (χ2v) is 6.18. The summed E-state index contributed by atoms with van der Waals surface area (Å²) in [5, 5.41) is 4.13. The second kappa shape index (κ2) is 6.62. The summed E-state index contributed by atoms with van der Waals surface area (Å²) in [6.07, 6.45) is 5.56. The average molecular weight is 328 g/mol. The van der Waals surface area contributed by atoms with E-state index < -0.39 is 0 Å². The summed E-state index contributed by atoms with van der Waals surface area (Å²) in [7, 11) is 0. The van der Waals surface area contributed by atoms with Crippen LogP contribution in [0.5, 0.6) is 0 Å². The highest BCUT2D eigenvalue weighted by atomic mass is 79.9. The van der Waals surface area contributed by atoms with Crippen molar-refractivity contribution in [3.63, 3.8) is 0 Å². The van der Waals surface area contributed by atoms with Gasteiger partial charge in [0, 0.05) is 21.8 Å². The SMILES string of the molecule is CSc1ccc(C(=O)NC2CCCC2CBr)cc1. The van der Waals surface area contributed by atoms with Crippen molar-refractivity contribution in [2.75, 3.05) is 11.6 Å². The molecule has 0 radical (unpaired) electrons. The molecule has 0 saturated heterocycles. The number of thioether (sulfide) groups is 1. The summed E-state index contributed by atoms with van der Waals surface area (Å²) < 4.78 is 0. The zero-order chi connectivity index (χ0) is 13.0. The smallest absolute Gasteiger partial charge is 0.251 e. The molecule has 1 fully saturated rings. The summed E-state index contributed by atoms with van der Waals surface area (Å²) in [6, 6.07) is 8.13. The lowest BCUT2D eigenvalue weighted by molar-refractivity contribution is 0.0930. The maximum atomic E-state index is 12.1. The first-order valence-corrected chi connectivity index (χ1v) is 8.60. The van der Waals surface area contributed by atoms with Crippen LogP contribution in [0.15, 0.2) is 29.2 Å². The standard InChI is InChI=1S/C14H18BrNOS/c1-18-12-7-5-10(6-8-12)14(17)16-13-4-2-3-11(13)9-15/h5-8,11,13H,2-4,9H2,1H3,(H,16,17). The largest absolute Gasteiger partial charge is 0.349 e. The fourth-order valence-corrected chi connectivity index (χ4v) is 3.59. The Bertz CT molecular complexity index is 407. The van der Waals surface area contributed by atoms with Crippen LogP contribution in [0.3, 0.4) is 0 Å². The molecule has 0 heterocycles. The maximum Gasteiger partial charge on any atom is 0.251 e. The van der Waals surface area contributed by atoms with Crippen LogP contribution < -0.4 is 5.32 Å². The molecule has 98 valence electrons. The Morgan fingerprint density at radius 3 is 2.72 bits per heavy atom. The van der Waals surface area contributed by atoms with Gasteiger partial charge in [-0.1, -0.05) is 22.4 Å². The Morgan fingerprint density at radius 1 is 1.39 bits per heavy atom. The molecule has 0 aromatic heterocycles. The highest BCUT2D eigenvalue weighted by Gasteiger charge is 2.27. The van der Waals surface area contributed by atoms with Crippen LogP contribution in [0.1, 0.15) is 29.6 Å². The van der Waals surface area contributed by atoms with Crippen LogP contribution >= 0.6 is 27.7 Å². The molecule has 1 amide bonds. The van der Waals surface area contributed by atoms with Gasteiger partial charge < -0.3 is 5.32 Å². The molecule has 2 nitrogen and oxygen atoms in total. The molecular formula is C14H18BrNOS. The lowest BCUT2D eigenvalue weighted by Gasteiger charge is -2.19. The molecule has 18 heavy (non-hydrogen) atoms.